The predicted octanol–water partition coefficient (Wildman–Crippen LogP) is 0.905. The van der Waals surface area contributed by atoms with E-state index in [0.717, 1.165) is 0 Å². The lowest BCUT2D eigenvalue weighted by molar-refractivity contribution is -0.140. The summed E-state index contributed by atoms with van der Waals surface area (Å²) < 4.78 is 10.8. The third-order valence-corrected chi connectivity index (χ3v) is 3.15. The highest BCUT2D eigenvalue weighted by molar-refractivity contribution is 6.30. The van der Waals surface area contributed by atoms with Crippen LogP contribution in [0.15, 0.2) is 24.3 Å². The number of morpholine rings is 1. The highest BCUT2D eigenvalue weighted by Crippen LogP contribution is 2.17. The molecule has 0 aliphatic carbocycles. The Morgan fingerprint density at radius 2 is 2.42 bits per heavy atom. The number of halogens is 1. The molecule has 1 saturated heterocycles. The molecule has 0 bridgehead atoms. The van der Waals surface area contributed by atoms with Gasteiger partial charge in [0.05, 0.1) is 12.7 Å². The zero-order valence-electron chi connectivity index (χ0n) is 10.5. The van der Waals surface area contributed by atoms with Crippen LogP contribution >= 0.6 is 11.6 Å². The molecular weight excluding hydrogens is 268 g/mol. The van der Waals surface area contributed by atoms with Crippen molar-refractivity contribution in [3.05, 3.63) is 29.3 Å². The summed E-state index contributed by atoms with van der Waals surface area (Å²) in [5.74, 6) is 0.520. The van der Waals surface area contributed by atoms with E-state index >= 15 is 0 Å². The van der Waals surface area contributed by atoms with E-state index < -0.39 is 0 Å². The molecule has 1 aromatic rings. The summed E-state index contributed by atoms with van der Waals surface area (Å²) in [5, 5.41) is 0.583. The van der Waals surface area contributed by atoms with Crippen LogP contribution in [-0.4, -0.2) is 49.8 Å². The van der Waals surface area contributed by atoms with Crippen LogP contribution in [0.1, 0.15) is 0 Å². The highest BCUT2D eigenvalue weighted by Gasteiger charge is 2.23. The van der Waals surface area contributed by atoms with Gasteiger partial charge in [-0.2, -0.15) is 0 Å². The molecule has 0 saturated carbocycles. The molecule has 0 radical (unpaired) electrons. The summed E-state index contributed by atoms with van der Waals surface area (Å²) in [5.41, 5.74) is 5.54. The average molecular weight is 285 g/mol. The maximum absolute atomic E-state index is 12.0. The maximum Gasteiger partial charge on any atom is 0.260 e. The molecule has 0 spiro atoms. The molecule has 1 fully saturated rings. The van der Waals surface area contributed by atoms with Crippen molar-refractivity contribution >= 4 is 17.5 Å². The van der Waals surface area contributed by atoms with E-state index in [-0.39, 0.29) is 18.6 Å². The van der Waals surface area contributed by atoms with E-state index in [1.54, 1.807) is 29.2 Å². The van der Waals surface area contributed by atoms with Crippen molar-refractivity contribution in [3.63, 3.8) is 0 Å². The Labute approximate surface area is 117 Å². The average Bonchev–Trinajstić information content (AvgIpc) is 2.45. The van der Waals surface area contributed by atoms with Crippen LogP contribution in [0.25, 0.3) is 0 Å². The molecule has 19 heavy (non-hydrogen) atoms. The molecule has 5 nitrogen and oxygen atoms in total. The molecule has 1 heterocycles. The molecule has 1 unspecified atom stereocenters. The van der Waals surface area contributed by atoms with Crippen LogP contribution in [-0.2, 0) is 9.53 Å². The quantitative estimate of drug-likeness (QED) is 0.892. The smallest absolute Gasteiger partial charge is 0.260 e. The standard InChI is InChI=1S/C13H17ClN2O3/c14-10-2-1-3-11(6-10)19-9-13(17)16-4-5-18-12(7-15)8-16/h1-3,6,12H,4-5,7-9,15H2. The number of rotatable bonds is 4. The Morgan fingerprint density at radius 1 is 1.58 bits per heavy atom. The first kappa shape index (κ1) is 14.1. The summed E-state index contributed by atoms with van der Waals surface area (Å²) in [7, 11) is 0. The topological polar surface area (TPSA) is 64.8 Å². The van der Waals surface area contributed by atoms with Crippen molar-refractivity contribution in [2.75, 3.05) is 32.8 Å². The van der Waals surface area contributed by atoms with Crippen molar-refractivity contribution in [3.8, 4) is 5.75 Å². The number of nitrogens with zero attached hydrogens (tertiary/aromatic N) is 1. The molecule has 1 aliphatic heterocycles. The van der Waals surface area contributed by atoms with E-state index in [1.807, 2.05) is 0 Å². The summed E-state index contributed by atoms with van der Waals surface area (Å²) in [4.78, 5) is 13.7. The Bertz CT molecular complexity index is 442. The zero-order chi connectivity index (χ0) is 13.7. The summed E-state index contributed by atoms with van der Waals surface area (Å²) in [6.07, 6.45) is -0.0798. The van der Waals surface area contributed by atoms with E-state index in [9.17, 15) is 4.79 Å². The van der Waals surface area contributed by atoms with Gasteiger partial charge in [0.1, 0.15) is 5.75 Å². The van der Waals surface area contributed by atoms with E-state index in [4.69, 9.17) is 26.8 Å². The Kier molecular flexibility index (Phi) is 5.01. The minimum Gasteiger partial charge on any atom is -0.484 e. The molecular formula is C13H17ClN2O3. The van der Waals surface area contributed by atoms with Gasteiger partial charge in [-0.25, -0.2) is 0 Å². The number of hydrogen-bond donors (Lipinski definition) is 1. The Balaban J connectivity index is 1.84. The lowest BCUT2D eigenvalue weighted by Gasteiger charge is -2.32. The van der Waals surface area contributed by atoms with E-state index in [2.05, 4.69) is 0 Å². The fraction of sp³-hybridized carbons (Fsp3) is 0.462. The number of carbonyl (C=O) groups is 1. The van der Waals surface area contributed by atoms with Crippen molar-refractivity contribution in [1.29, 1.82) is 0 Å². The highest BCUT2D eigenvalue weighted by atomic mass is 35.5. The van der Waals surface area contributed by atoms with Crippen LogP contribution in [0.3, 0.4) is 0 Å². The van der Waals surface area contributed by atoms with Crippen LogP contribution in [0.2, 0.25) is 5.02 Å². The lowest BCUT2D eigenvalue weighted by atomic mass is 10.2. The van der Waals surface area contributed by atoms with Gasteiger partial charge < -0.3 is 20.1 Å². The van der Waals surface area contributed by atoms with Crippen molar-refractivity contribution in [2.45, 2.75) is 6.10 Å². The molecule has 1 aliphatic rings. The predicted molar refractivity (Wildman–Crippen MR) is 72.3 cm³/mol. The van der Waals surface area contributed by atoms with Gasteiger partial charge in [-0.3, -0.25) is 4.79 Å². The third-order valence-electron chi connectivity index (χ3n) is 2.91. The summed E-state index contributed by atoms with van der Waals surface area (Å²) >= 11 is 5.84. The van der Waals surface area contributed by atoms with E-state index in [1.165, 1.54) is 0 Å². The van der Waals surface area contributed by atoms with Crippen LogP contribution < -0.4 is 10.5 Å². The lowest BCUT2D eigenvalue weighted by Crippen LogP contribution is -2.49. The number of carbonyl (C=O) groups excluding carboxylic acids is 1. The number of amides is 1. The van der Waals surface area contributed by atoms with Gasteiger partial charge in [-0.15, -0.1) is 0 Å². The molecule has 104 valence electrons. The minimum absolute atomic E-state index is 0.00235. The van der Waals surface area contributed by atoms with Crippen molar-refractivity contribution in [2.24, 2.45) is 5.73 Å². The fourth-order valence-corrected chi connectivity index (χ4v) is 2.06. The van der Waals surface area contributed by atoms with Crippen LogP contribution in [0.5, 0.6) is 5.75 Å². The number of benzene rings is 1. The van der Waals surface area contributed by atoms with Gasteiger partial charge in [-0.1, -0.05) is 17.7 Å². The van der Waals surface area contributed by atoms with Crippen molar-refractivity contribution in [1.82, 2.24) is 4.90 Å². The second-order valence-corrected chi connectivity index (χ2v) is 4.75. The monoisotopic (exact) mass is 284 g/mol. The van der Waals surface area contributed by atoms with Crippen molar-refractivity contribution < 1.29 is 14.3 Å². The first-order chi connectivity index (χ1) is 9.19. The van der Waals surface area contributed by atoms with Gasteiger partial charge in [0.25, 0.3) is 5.91 Å². The van der Waals surface area contributed by atoms with Gasteiger partial charge in [-0.05, 0) is 18.2 Å². The number of hydrogen-bond acceptors (Lipinski definition) is 4. The molecule has 6 heteroatoms. The zero-order valence-corrected chi connectivity index (χ0v) is 11.3. The van der Waals surface area contributed by atoms with Gasteiger partial charge in [0.15, 0.2) is 6.61 Å². The van der Waals surface area contributed by atoms with Crippen LogP contribution in [0.4, 0.5) is 0 Å². The van der Waals surface area contributed by atoms with E-state index in [0.29, 0.717) is 37.0 Å². The number of nitrogens with two attached hydrogens (primary N) is 1. The van der Waals surface area contributed by atoms with Gasteiger partial charge >= 0.3 is 0 Å². The fourth-order valence-electron chi connectivity index (χ4n) is 1.88. The molecule has 2 N–H and O–H groups in total. The minimum atomic E-state index is -0.0798. The first-order valence-electron chi connectivity index (χ1n) is 6.17. The molecule has 0 aromatic heterocycles. The Hall–Kier alpha value is -1.30. The SMILES string of the molecule is NCC1CN(C(=O)COc2cccc(Cl)c2)CCO1. The maximum atomic E-state index is 12.0. The largest absolute Gasteiger partial charge is 0.484 e. The summed E-state index contributed by atoms with van der Waals surface area (Å²) in [6.45, 7) is 2.03. The molecule has 1 amide bonds. The van der Waals surface area contributed by atoms with Crippen LogP contribution in [0, 0.1) is 0 Å². The molecule has 1 aromatic carbocycles. The summed E-state index contributed by atoms with van der Waals surface area (Å²) in [6, 6.07) is 6.98. The first-order valence-corrected chi connectivity index (χ1v) is 6.54. The number of ether oxygens (including phenoxy) is 2. The second-order valence-electron chi connectivity index (χ2n) is 4.31. The second kappa shape index (κ2) is 6.75. The molecule has 1 atom stereocenters. The Morgan fingerprint density at radius 3 is 3.16 bits per heavy atom. The van der Waals surface area contributed by atoms with Gasteiger partial charge in [0.2, 0.25) is 0 Å². The molecule has 2 rings (SSSR count). The normalized spacial score (nSPS) is 19.3. The third kappa shape index (κ3) is 4.09. The van der Waals surface area contributed by atoms with Gasteiger partial charge in [0, 0.05) is 24.7 Å².